The molecule has 0 fully saturated rings. The number of fused-ring (bicyclic) bond motifs is 3. The van der Waals surface area contributed by atoms with Gasteiger partial charge in [0.25, 0.3) is 5.56 Å². The molecule has 0 bridgehead atoms. The summed E-state index contributed by atoms with van der Waals surface area (Å²) >= 11 is 1.64. The second-order valence-corrected chi connectivity index (χ2v) is 9.44. The average Bonchev–Trinajstić information content (AvgIpc) is 3.13. The molecule has 0 radical (unpaired) electrons. The van der Waals surface area contributed by atoms with Crippen LogP contribution >= 0.6 is 11.3 Å². The zero-order chi connectivity index (χ0) is 21.8. The first-order chi connectivity index (χ1) is 15.0. The summed E-state index contributed by atoms with van der Waals surface area (Å²) < 4.78 is 6.97. The van der Waals surface area contributed by atoms with E-state index in [4.69, 9.17) is 9.72 Å². The number of thiophene rings is 1. The van der Waals surface area contributed by atoms with Crippen molar-refractivity contribution in [3.8, 4) is 0 Å². The topological polar surface area (TPSA) is 64.4 Å². The highest BCUT2D eigenvalue weighted by molar-refractivity contribution is 7.18. The van der Waals surface area contributed by atoms with Gasteiger partial charge in [0.2, 0.25) is 0 Å². The van der Waals surface area contributed by atoms with Crippen LogP contribution in [0.1, 0.15) is 41.1 Å². The first-order valence-corrected chi connectivity index (χ1v) is 11.7. The first-order valence-electron chi connectivity index (χ1n) is 10.9. The van der Waals surface area contributed by atoms with E-state index in [9.17, 15) is 9.59 Å². The van der Waals surface area contributed by atoms with E-state index in [2.05, 4.69) is 12.1 Å². The number of aromatic nitrogens is 2. The van der Waals surface area contributed by atoms with Gasteiger partial charge in [0.15, 0.2) is 0 Å². The molecule has 0 N–H and O–H groups in total. The number of rotatable bonds is 8. The standard InChI is InChI=1S/C24H29N3O3S/c1-26(2)15-20-25-23-22(18-12-6-7-13-19(18)31-23)24(29)27(20)16-21(28)30-14-8-11-17-9-4-3-5-10-17/h3-5,9-10H,6-8,11-16H2,1-2H3. The Hall–Kier alpha value is -2.51. The number of aryl methyl sites for hydroxylation is 3. The van der Waals surface area contributed by atoms with Gasteiger partial charge in [0.05, 0.1) is 18.5 Å². The Morgan fingerprint density at radius 1 is 1.19 bits per heavy atom. The van der Waals surface area contributed by atoms with Crippen LogP contribution in [0.4, 0.5) is 0 Å². The van der Waals surface area contributed by atoms with Gasteiger partial charge in [-0.15, -0.1) is 11.3 Å². The number of hydrogen-bond donors (Lipinski definition) is 0. The Balaban J connectivity index is 1.51. The molecule has 0 unspecified atom stereocenters. The molecular weight excluding hydrogens is 410 g/mol. The zero-order valence-electron chi connectivity index (χ0n) is 18.2. The van der Waals surface area contributed by atoms with E-state index >= 15 is 0 Å². The van der Waals surface area contributed by atoms with Crippen LogP contribution in [0.5, 0.6) is 0 Å². The molecule has 31 heavy (non-hydrogen) atoms. The summed E-state index contributed by atoms with van der Waals surface area (Å²) in [5, 5.41) is 0.707. The average molecular weight is 440 g/mol. The number of ether oxygens (including phenoxy) is 1. The first kappa shape index (κ1) is 21.7. The van der Waals surface area contributed by atoms with Crippen molar-refractivity contribution in [3.05, 3.63) is 62.5 Å². The number of hydrogen-bond acceptors (Lipinski definition) is 6. The van der Waals surface area contributed by atoms with E-state index in [1.807, 2.05) is 37.2 Å². The molecule has 0 aliphatic heterocycles. The molecule has 164 valence electrons. The maximum Gasteiger partial charge on any atom is 0.326 e. The summed E-state index contributed by atoms with van der Waals surface area (Å²) in [7, 11) is 3.87. The van der Waals surface area contributed by atoms with Crippen LogP contribution in [0, 0.1) is 0 Å². The minimum atomic E-state index is -0.389. The van der Waals surface area contributed by atoms with Crippen molar-refractivity contribution >= 4 is 27.5 Å². The number of benzene rings is 1. The van der Waals surface area contributed by atoms with Crippen molar-refractivity contribution in [2.75, 3.05) is 20.7 Å². The highest BCUT2D eigenvalue weighted by atomic mass is 32.1. The molecule has 0 spiro atoms. The van der Waals surface area contributed by atoms with Crippen LogP contribution in [0.25, 0.3) is 10.2 Å². The van der Waals surface area contributed by atoms with Gasteiger partial charge >= 0.3 is 5.97 Å². The fourth-order valence-corrected chi connectivity index (χ4v) is 5.40. The summed E-state index contributed by atoms with van der Waals surface area (Å²) in [5.41, 5.74) is 2.26. The van der Waals surface area contributed by atoms with Crippen LogP contribution in [0.3, 0.4) is 0 Å². The Morgan fingerprint density at radius 3 is 2.74 bits per heavy atom. The molecule has 1 aliphatic carbocycles. The summed E-state index contributed by atoms with van der Waals surface area (Å²) in [6, 6.07) is 10.1. The lowest BCUT2D eigenvalue weighted by Crippen LogP contribution is -2.31. The summed E-state index contributed by atoms with van der Waals surface area (Å²) in [4.78, 5) is 34.8. The second kappa shape index (κ2) is 9.75. The van der Waals surface area contributed by atoms with Gasteiger partial charge in [0, 0.05) is 4.88 Å². The van der Waals surface area contributed by atoms with Crippen LogP contribution in [0.15, 0.2) is 35.1 Å². The molecule has 1 aliphatic rings. The fraction of sp³-hybridized carbons (Fsp3) is 0.458. The minimum Gasteiger partial charge on any atom is -0.464 e. The van der Waals surface area contributed by atoms with Gasteiger partial charge in [-0.1, -0.05) is 30.3 Å². The molecule has 0 saturated carbocycles. The number of carbonyl (C=O) groups is 1. The molecule has 0 amide bonds. The highest BCUT2D eigenvalue weighted by Gasteiger charge is 2.23. The third kappa shape index (κ3) is 5.05. The van der Waals surface area contributed by atoms with Crippen molar-refractivity contribution in [3.63, 3.8) is 0 Å². The van der Waals surface area contributed by atoms with Gasteiger partial charge in [-0.2, -0.15) is 0 Å². The monoisotopic (exact) mass is 439 g/mol. The smallest absolute Gasteiger partial charge is 0.326 e. The van der Waals surface area contributed by atoms with Crippen LogP contribution in [-0.2, 0) is 41.9 Å². The molecule has 2 aromatic heterocycles. The summed E-state index contributed by atoms with van der Waals surface area (Å²) in [6.45, 7) is 0.741. The lowest BCUT2D eigenvalue weighted by atomic mass is 9.97. The maximum atomic E-state index is 13.4. The van der Waals surface area contributed by atoms with Crippen LogP contribution < -0.4 is 5.56 Å². The van der Waals surface area contributed by atoms with E-state index in [1.54, 1.807) is 11.3 Å². The predicted molar refractivity (Wildman–Crippen MR) is 124 cm³/mol. The highest BCUT2D eigenvalue weighted by Crippen LogP contribution is 2.33. The van der Waals surface area contributed by atoms with Gasteiger partial charge < -0.3 is 9.64 Å². The molecule has 7 heteroatoms. The van der Waals surface area contributed by atoms with E-state index < -0.39 is 0 Å². The molecule has 1 aromatic carbocycles. The molecule has 0 saturated heterocycles. The molecule has 0 atom stereocenters. The Morgan fingerprint density at radius 2 is 1.97 bits per heavy atom. The van der Waals surface area contributed by atoms with Gasteiger partial charge in [-0.3, -0.25) is 14.2 Å². The van der Waals surface area contributed by atoms with Crippen molar-refractivity contribution in [2.45, 2.75) is 51.6 Å². The largest absolute Gasteiger partial charge is 0.464 e. The Bertz CT molecular complexity index is 1120. The van der Waals surface area contributed by atoms with E-state index in [0.29, 0.717) is 24.4 Å². The quantitative estimate of drug-likeness (QED) is 0.397. The minimum absolute atomic E-state index is 0.0963. The lowest BCUT2D eigenvalue weighted by molar-refractivity contribution is -0.144. The molecule has 6 nitrogen and oxygen atoms in total. The van der Waals surface area contributed by atoms with Crippen molar-refractivity contribution in [1.29, 1.82) is 0 Å². The van der Waals surface area contributed by atoms with Crippen molar-refractivity contribution in [2.24, 2.45) is 0 Å². The van der Waals surface area contributed by atoms with Gasteiger partial charge in [0.1, 0.15) is 17.2 Å². The van der Waals surface area contributed by atoms with E-state index in [0.717, 1.165) is 48.9 Å². The normalized spacial score (nSPS) is 13.5. The SMILES string of the molecule is CN(C)Cc1nc2sc3c(c2c(=O)n1CC(=O)OCCCc1ccccc1)CCCC3. The fourth-order valence-electron chi connectivity index (χ4n) is 4.13. The second-order valence-electron chi connectivity index (χ2n) is 8.36. The molecule has 4 rings (SSSR count). The summed E-state index contributed by atoms with van der Waals surface area (Å²) in [5.74, 6) is 0.225. The number of nitrogens with zero attached hydrogens (tertiary/aromatic N) is 3. The lowest BCUT2D eigenvalue weighted by Gasteiger charge is -2.16. The third-order valence-electron chi connectivity index (χ3n) is 5.61. The van der Waals surface area contributed by atoms with Gasteiger partial charge in [-0.25, -0.2) is 4.98 Å². The number of carbonyl (C=O) groups excluding carboxylic acids is 1. The molecule has 3 aromatic rings. The summed E-state index contributed by atoms with van der Waals surface area (Å²) in [6.07, 6.45) is 5.81. The van der Waals surface area contributed by atoms with Crippen LogP contribution in [-0.4, -0.2) is 41.1 Å². The van der Waals surface area contributed by atoms with Crippen LogP contribution in [0.2, 0.25) is 0 Å². The Kier molecular flexibility index (Phi) is 6.83. The van der Waals surface area contributed by atoms with Crippen molar-refractivity contribution in [1.82, 2.24) is 14.5 Å². The molecular formula is C24H29N3O3S. The van der Waals surface area contributed by atoms with Gasteiger partial charge in [-0.05, 0) is 63.7 Å². The van der Waals surface area contributed by atoms with E-state index in [1.165, 1.54) is 15.0 Å². The van der Waals surface area contributed by atoms with E-state index in [-0.39, 0.29) is 18.1 Å². The predicted octanol–water partition coefficient (Wildman–Crippen LogP) is 3.57. The Labute approximate surface area is 186 Å². The van der Waals surface area contributed by atoms with Crippen molar-refractivity contribution < 1.29 is 9.53 Å². The maximum absolute atomic E-state index is 13.4. The molecule has 2 heterocycles. The zero-order valence-corrected chi connectivity index (χ0v) is 19.0. The number of esters is 1. The third-order valence-corrected chi connectivity index (χ3v) is 6.80.